The van der Waals surface area contributed by atoms with Gasteiger partial charge in [-0.15, -0.1) is 0 Å². The van der Waals surface area contributed by atoms with E-state index in [4.69, 9.17) is 9.47 Å². The fraction of sp³-hybridized carbons (Fsp3) is 0.450. The van der Waals surface area contributed by atoms with Crippen molar-refractivity contribution in [1.29, 1.82) is 0 Å². The minimum Gasteiger partial charge on any atom is -0.466 e. The maximum atomic E-state index is 12.2. The van der Waals surface area contributed by atoms with Crippen LogP contribution in [0.15, 0.2) is 53.8 Å². The smallest absolute Gasteiger partial charge is 0.335 e. The zero-order valence-corrected chi connectivity index (χ0v) is 14.2. The highest BCUT2D eigenvalue weighted by atomic mass is 16.5. The summed E-state index contributed by atoms with van der Waals surface area (Å²) in [5.74, 6) is -0.198. The van der Waals surface area contributed by atoms with Gasteiger partial charge in [0.25, 0.3) is 0 Å². The van der Waals surface area contributed by atoms with Crippen LogP contribution in [0, 0.1) is 0 Å². The Bertz CT molecular complexity index is 621. The lowest BCUT2D eigenvalue weighted by Crippen LogP contribution is -2.40. The average Bonchev–Trinajstić information content (AvgIpc) is 2.87. The summed E-state index contributed by atoms with van der Waals surface area (Å²) in [6.07, 6.45) is 8.70. The third kappa shape index (κ3) is 3.88. The molecule has 0 bridgehead atoms. The molecule has 4 heteroatoms. The second-order valence-electron chi connectivity index (χ2n) is 6.21. The molecule has 24 heavy (non-hydrogen) atoms. The van der Waals surface area contributed by atoms with Crippen LogP contribution in [0.2, 0.25) is 0 Å². The maximum Gasteiger partial charge on any atom is 0.335 e. The predicted octanol–water partition coefficient (Wildman–Crippen LogP) is 3.44. The molecular formula is C20H25NO3. The summed E-state index contributed by atoms with van der Waals surface area (Å²) in [7, 11) is 1.46. The summed E-state index contributed by atoms with van der Waals surface area (Å²) in [4.78, 5) is 14.4. The van der Waals surface area contributed by atoms with Crippen molar-refractivity contribution < 1.29 is 14.3 Å². The molecule has 2 aliphatic heterocycles. The zero-order valence-electron chi connectivity index (χ0n) is 14.2. The van der Waals surface area contributed by atoms with E-state index in [0.717, 1.165) is 49.9 Å². The maximum absolute atomic E-state index is 12.2. The molecule has 0 saturated heterocycles. The van der Waals surface area contributed by atoms with Crippen LogP contribution in [-0.4, -0.2) is 37.4 Å². The number of hydrogen-bond acceptors (Lipinski definition) is 4. The zero-order chi connectivity index (χ0) is 16.8. The number of carbonyl (C=O) groups is 1. The van der Waals surface area contributed by atoms with E-state index in [1.165, 1.54) is 12.7 Å². The summed E-state index contributed by atoms with van der Waals surface area (Å²) in [6.45, 7) is 1.44. The van der Waals surface area contributed by atoms with Crippen molar-refractivity contribution in [2.45, 2.75) is 38.3 Å². The monoisotopic (exact) mass is 327 g/mol. The fourth-order valence-electron chi connectivity index (χ4n) is 3.48. The number of esters is 1. The number of rotatable bonds is 5. The summed E-state index contributed by atoms with van der Waals surface area (Å²) in [5, 5.41) is 0. The van der Waals surface area contributed by atoms with Crippen LogP contribution in [-0.2, 0) is 20.7 Å². The number of nitrogens with zero attached hydrogens (tertiary/aromatic N) is 1. The number of hydrogen-bond donors (Lipinski definition) is 0. The lowest BCUT2D eigenvalue weighted by Gasteiger charge is -2.38. The minimum absolute atomic E-state index is 0.0696. The van der Waals surface area contributed by atoms with E-state index in [1.807, 2.05) is 6.07 Å². The SMILES string of the molecule is COC(=O)C1=C(CCCc2ccccc2)N2CC=CCOC2CC1. The van der Waals surface area contributed by atoms with Gasteiger partial charge < -0.3 is 14.4 Å². The number of allylic oxidation sites excluding steroid dienone is 1. The Morgan fingerprint density at radius 1 is 1.25 bits per heavy atom. The van der Waals surface area contributed by atoms with Gasteiger partial charge in [0.15, 0.2) is 0 Å². The van der Waals surface area contributed by atoms with Gasteiger partial charge in [0.05, 0.1) is 19.3 Å². The first-order valence-corrected chi connectivity index (χ1v) is 8.67. The van der Waals surface area contributed by atoms with Crippen LogP contribution < -0.4 is 0 Å². The number of ether oxygens (including phenoxy) is 2. The number of aryl methyl sites for hydroxylation is 1. The minimum atomic E-state index is -0.198. The first kappa shape index (κ1) is 16.8. The molecule has 3 rings (SSSR count). The quantitative estimate of drug-likeness (QED) is 0.613. The Morgan fingerprint density at radius 2 is 2.08 bits per heavy atom. The van der Waals surface area contributed by atoms with Crippen LogP contribution in [0.1, 0.15) is 31.2 Å². The molecule has 2 heterocycles. The summed E-state index contributed by atoms with van der Waals surface area (Å²) < 4.78 is 10.9. The van der Waals surface area contributed by atoms with E-state index in [-0.39, 0.29) is 12.2 Å². The van der Waals surface area contributed by atoms with Crippen molar-refractivity contribution in [3.63, 3.8) is 0 Å². The summed E-state index contributed by atoms with van der Waals surface area (Å²) >= 11 is 0. The lowest BCUT2D eigenvalue weighted by molar-refractivity contribution is -0.137. The van der Waals surface area contributed by atoms with E-state index in [2.05, 4.69) is 41.3 Å². The molecule has 0 N–H and O–H groups in total. The standard InChI is InChI=1S/C20H25NO3/c1-23-20(22)17-12-13-19-21(14-5-6-15-24-19)18(17)11-7-10-16-8-3-2-4-9-16/h2-6,8-9,19H,7,10-15H2,1H3. The molecule has 0 spiro atoms. The summed E-state index contributed by atoms with van der Waals surface area (Å²) in [6, 6.07) is 10.5. The first-order chi connectivity index (χ1) is 11.8. The molecule has 0 radical (unpaired) electrons. The molecule has 1 aromatic rings. The fourth-order valence-corrected chi connectivity index (χ4v) is 3.48. The largest absolute Gasteiger partial charge is 0.466 e. The number of methoxy groups -OCH3 is 1. The van der Waals surface area contributed by atoms with Crippen molar-refractivity contribution in [2.75, 3.05) is 20.3 Å². The molecule has 0 fully saturated rings. The molecule has 0 aliphatic carbocycles. The Kier molecular flexibility index (Phi) is 5.70. The lowest BCUT2D eigenvalue weighted by atomic mass is 9.96. The van der Waals surface area contributed by atoms with Crippen molar-refractivity contribution in [3.8, 4) is 0 Å². The van der Waals surface area contributed by atoms with Crippen molar-refractivity contribution >= 4 is 5.97 Å². The van der Waals surface area contributed by atoms with Crippen LogP contribution in [0.25, 0.3) is 0 Å². The van der Waals surface area contributed by atoms with E-state index >= 15 is 0 Å². The molecule has 1 atom stereocenters. The van der Waals surface area contributed by atoms with Crippen LogP contribution in [0.5, 0.6) is 0 Å². The highest BCUT2D eigenvalue weighted by Crippen LogP contribution is 2.32. The van der Waals surface area contributed by atoms with Crippen LogP contribution >= 0.6 is 0 Å². The van der Waals surface area contributed by atoms with Gasteiger partial charge in [-0.25, -0.2) is 4.79 Å². The van der Waals surface area contributed by atoms with Crippen LogP contribution in [0.4, 0.5) is 0 Å². The van der Waals surface area contributed by atoms with E-state index in [9.17, 15) is 4.79 Å². The first-order valence-electron chi connectivity index (χ1n) is 8.67. The van der Waals surface area contributed by atoms with Gasteiger partial charge in [-0.1, -0.05) is 42.5 Å². The van der Waals surface area contributed by atoms with Gasteiger partial charge in [-0.2, -0.15) is 0 Å². The third-order valence-electron chi connectivity index (χ3n) is 4.69. The second-order valence-corrected chi connectivity index (χ2v) is 6.21. The highest BCUT2D eigenvalue weighted by molar-refractivity contribution is 5.89. The molecule has 0 aromatic heterocycles. The number of benzene rings is 1. The molecule has 1 unspecified atom stereocenters. The van der Waals surface area contributed by atoms with Crippen molar-refractivity contribution in [1.82, 2.24) is 4.90 Å². The number of carbonyl (C=O) groups excluding carboxylic acids is 1. The average molecular weight is 327 g/mol. The Hall–Kier alpha value is -2.07. The molecule has 128 valence electrons. The predicted molar refractivity (Wildman–Crippen MR) is 93.2 cm³/mol. The Labute approximate surface area is 143 Å². The van der Waals surface area contributed by atoms with Gasteiger partial charge in [0.1, 0.15) is 6.23 Å². The Morgan fingerprint density at radius 3 is 2.88 bits per heavy atom. The molecule has 4 nitrogen and oxygen atoms in total. The third-order valence-corrected chi connectivity index (χ3v) is 4.69. The molecule has 1 aromatic carbocycles. The molecule has 2 aliphatic rings. The van der Waals surface area contributed by atoms with E-state index in [0.29, 0.717) is 6.61 Å². The highest BCUT2D eigenvalue weighted by Gasteiger charge is 2.31. The molecule has 0 saturated carbocycles. The normalized spacial score (nSPS) is 20.5. The van der Waals surface area contributed by atoms with Crippen LogP contribution in [0.3, 0.4) is 0 Å². The summed E-state index contributed by atoms with van der Waals surface area (Å²) in [5.41, 5.74) is 3.25. The van der Waals surface area contributed by atoms with Crippen molar-refractivity contribution in [2.24, 2.45) is 0 Å². The van der Waals surface area contributed by atoms with E-state index < -0.39 is 0 Å². The topological polar surface area (TPSA) is 38.8 Å². The van der Waals surface area contributed by atoms with Gasteiger partial charge in [-0.3, -0.25) is 0 Å². The van der Waals surface area contributed by atoms with Gasteiger partial charge in [-0.05, 0) is 37.7 Å². The van der Waals surface area contributed by atoms with Crippen molar-refractivity contribution in [3.05, 3.63) is 59.3 Å². The Balaban J connectivity index is 1.75. The second kappa shape index (κ2) is 8.15. The van der Waals surface area contributed by atoms with E-state index in [1.54, 1.807) is 0 Å². The molecular weight excluding hydrogens is 302 g/mol. The molecule has 0 amide bonds. The number of fused-ring (bicyclic) bond motifs is 1. The van der Waals surface area contributed by atoms with Gasteiger partial charge in [0.2, 0.25) is 0 Å². The van der Waals surface area contributed by atoms with Gasteiger partial charge in [0, 0.05) is 12.2 Å². The van der Waals surface area contributed by atoms with Gasteiger partial charge >= 0.3 is 5.97 Å².